The van der Waals surface area contributed by atoms with E-state index in [9.17, 15) is 20.4 Å². The highest BCUT2D eigenvalue weighted by Crippen LogP contribution is 2.66. The third kappa shape index (κ3) is 3.75. The minimum Gasteiger partial charge on any atom is -0.504 e. The lowest BCUT2D eigenvalue weighted by Crippen LogP contribution is -2.76. The molecular formula is C38H44Cl2N4O6. The van der Waals surface area contributed by atoms with Gasteiger partial charge in [0.1, 0.15) is 0 Å². The van der Waals surface area contributed by atoms with E-state index in [1.54, 1.807) is 12.1 Å². The van der Waals surface area contributed by atoms with E-state index >= 15 is 0 Å². The van der Waals surface area contributed by atoms with Gasteiger partial charge in [-0.05, 0) is 74.6 Å². The Hall–Kier alpha value is -3.12. The van der Waals surface area contributed by atoms with Gasteiger partial charge in [-0.25, -0.2) is 0 Å². The van der Waals surface area contributed by atoms with E-state index in [1.165, 1.54) is 0 Å². The van der Waals surface area contributed by atoms with Crippen molar-refractivity contribution in [3.63, 3.8) is 0 Å². The predicted octanol–water partition coefficient (Wildman–Crippen LogP) is 4.12. The summed E-state index contributed by atoms with van der Waals surface area (Å²) in [6.45, 7) is 10.9. The Morgan fingerprint density at radius 2 is 1.12 bits per heavy atom. The molecule has 4 N–H and O–H groups in total. The Bertz CT molecular complexity index is 1750. The second kappa shape index (κ2) is 11.2. The van der Waals surface area contributed by atoms with Crippen LogP contribution in [-0.4, -0.2) is 103 Å². The van der Waals surface area contributed by atoms with Gasteiger partial charge in [-0.3, -0.25) is 9.80 Å². The van der Waals surface area contributed by atoms with Crippen LogP contribution in [0.25, 0.3) is 0 Å². The molecule has 2 aromatic carbocycles. The molecule has 2 saturated heterocycles. The summed E-state index contributed by atoms with van der Waals surface area (Å²) in [5.74, 6) is 1.11. The number of hydrogen-bond acceptors (Lipinski definition) is 10. The number of likely N-dealkylation sites (tertiary alicyclic amines) is 2. The number of piperidine rings is 2. The zero-order valence-corrected chi connectivity index (χ0v) is 29.5. The van der Waals surface area contributed by atoms with E-state index in [0.29, 0.717) is 76.0 Å². The number of hydrogen-bond donors (Lipinski definition) is 4. The number of phenolic OH excluding ortho intramolecular Hbond substituents is 2. The number of phenols is 2. The first-order valence-electron chi connectivity index (χ1n) is 17.5. The molecule has 8 unspecified atom stereocenters. The molecule has 0 aromatic heterocycles. The predicted molar refractivity (Wildman–Crippen MR) is 194 cm³/mol. The SMILES string of the molecule is C=CCN1CCC23c4c5ccc(O)c4OC2/C(=N\N=C2\CCC4(O)C6Cc7ccc(O)c8c7C4(CCN6CC=C)C2O8)CCC3(O)C1C5.Cl.Cl. The van der Waals surface area contributed by atoms with Gasteiger partial charge < -0.3 is 29.9 Å². The summed E-state index contributed by atoms with van der Waals surface area (Å²) in [5, 5.41) is 57.4. The van der Waals surface area contributed by atoms with Crippen LogP contribution in [0.2, 0.25) is 0 Å². The van der Waals surface area contributed by atoms with E-state index in [2.05, 4.69) is 23.0 Å². The van der Waals surface area contributed by atoms with Crippen LogP contribution in [0, 0.1) is 0 Å². The van der Waals surface area contributed by atoms with E-state index in [0.717, 1.165) is 46.8 Å². The van der Waals surface area contributed by atoms with Crippen LogP contribution < -0.4 is 9.47 Å². The van der Waals surface area contributed by atoms with E-state index in [4.69, 9.17) is 19.7 Å². The average Bonchev–Trinajstić information content (AvgIpc) is 3.61. The minimum atomic E-state index is -1.06. The van der Waals surface area contributed by atoms with Crippen LogP contribution >= 0.6 is 24.8 Å². The van der Waals surface area contributed by atoms with Gasteiger partial charge >= 0.3 is 0 Å². The lowest BCUT2D eigenvalue weighted by Gasteiger charge is -2.63. The molecule has 50 heavy (non-hydrogen) atoms. The maximum absolute atomic E-state index is 12.7. The van der Waals surface area contributed by atoms with Crippen LogP contribution in [0.4, 0.5) is 0 Å². The number of aromatic hydroxyl groups is 2. The lowest BCUT2D eigenvalue weighted by atomic mass is 9.48. The van der Waals surface area contributed by atoms with Crippen LogP contribution in [0.3, 0.4) is 0 Å². The molecule has 4 bridgehead atoms. The fourth-order valence-corrected chi connectivity index (χ4v) is 12.0. The molecule has 0 amide bonds. The normalized spacial score (nSPS) is 39.7. The third-order valence-electron chi connectivity index (χ3n) is 13.8. The summed E-state index contributed by atoms with van der Waals surface area (Å²) in [7, 11) is 0. The number of halogens is 2. The quantitative estimate of drug-likeness (QED) is 0.268. The Kier molecular flexibility index (Phi) is 7.61. The van der Waals surface area contributed by atoms with Gasteiger partial charge in [-0.2, -0.15) is 10.2 Å². The first-order valence-corrected chi connectivity index (χ1v) is 17.5. The van der Waals surface area contributed by atoms with Gasteiger partial charge in [0.2, 0.25) is 0 Å². The molecule has 8 aliphatic rings. The summed E-state index contributed by atoms with van der Waals surface area (Å²) >= 11 is 0. The molecule has 4 aliphatic carbocycles. The molecular weight excluding hydrogens is 679 g/mol. The highest BCUT2D eigenvalue weighted by atomic mass is 35.5. The van der Waals surface area contributed by atoms with E-state index in [1.807, 2.05) is 24.3 Å². The monoisotopic (exact) mass is 722 g/mol. The Balaban J connectivity index is 0.00000180. The zero-order valence-electron chi connectivity index (χ0n) is 27.9. The molecule has 4 aliphatic heterocycles. The van der Waals surface area contributed by atoms with Crippen molar-refractivity contribution in [3.8, 4) is 23.0 Å². The molecule has 0 radical (unpaired) electrons. The maximum Gasteiger partial charge on any atom is 0.166 e. The number of aliphatic hydroxyl groups is 2. The van der Waals surface area contributed by atoms with Gasteiger partial charge in [0, 0.05) is 49.4 Å². The third-order valence-corrected chi connectivity index (χ3v) is 13.8. The topological polar surface area (TPSA) is 131 Å². The standard InChI is InChI=1S/C38H42N4O6.2ClH/c1-3-15-41-17-13-35-29-21-5-7-25(43)31(29)47-33(35)23(9-11-37(35,45)27(41)19-21)39-40-24-10-12-38(46)28-20-22-6-8-26(44)32-30(22)36(38,34(24)48-32)14-18-42(28)16-4-2;;/h3-8,27-28,33-34,43-46H,1-2,9-20H2;2*1H/b39-23-,40-24-;;. The average molecular weight is 724 g/mol. The van der Waals surface area contributed by atoms with Crippen LogP contribution in [0.15, 0.2) is 59.8 Å². The van der Waals surface area contributed by atoms with Crippen molar-refractivity contribution >= 4 is 36.2 Å². The van der Waals surface area contributed by atoms with Gasteiger partial charge in [0.05, 0.1) is 33.5 Å². The molecule has 2 saturated carbocycles. The minimum absolute atomic E-state index is 0. The molecule has 12 heteroatoms. The molecule has 8 atom stereocenters. The smallest absolute Gasteiger partial charge is 0.166 e. The summed E-state index contributed by atoms with van der Waals surface area (Å²) in [6, 6.07) is 7.18. The van der Waals surface area contributed by atoms with Crippen molar-refractivity contribution in [2.24, 2.45) is 10.2 Å². The van der Waals surface area contributed by atoms with Crippen molar-refractivity contribution in [3.05, 3.63) is 71.8 Å². The van der Waals surface area contributed by atoms with Crippen molar-refractivity contribution in [2.75, 3.05) is 26.2 Å². The van der Waals surface area contributed by atoms with Crippen LogP contribution in [-0.2, 0) is 23.7 Å². The summed E-state index contributed by atoms with van der Waals surface area (Å²) < 4.78 is 13.3. The fraction of sp³-hybridized carbons (Fsp3) is 0.526. The highest BCUT2D eigenvalue weighted by Gasteiger charge is 2.74. The second-order valence-corrected chi connectivity index (χ2v) is 15.4. The van der Waals surface area contributed by atoms with Crippen molar-refractivity contribution < 1.29 is 29.9 Å². The van der Waals surface area contributed by atoms with Gasteiger partial charge in [-0.15, -0.1) is 38.0 Å². The van der Waals surface area contributed by atoms with Gasteiger partial charge in [0.25, 0.3) is 0 Å². The Morgan fingerprint density at radius 1 is 0.700 bits per heavy atom. The molecule has 4 heterocycles. The Labute approximate surface area is 304 Å². The first kappa shape index (κ1) is 34.0. The van der Waals surface area contributed by atoms with Crippen LogP contribution in [0.5, 0.6) is 23.0 Å². The van der Waals surface area contributed by atoms with Gasteiger partial charge in [0.15, 0.2) is 35.2 Å². The van der Waals surface area contributed by atoms with Crippen molar-refractivity contribution in [1.29, 1.82) is 0 Å². The zero-order chi connectivity index (χ0) is 32.8. The van der Waals surface area contributed by atoms with Crippen molar-refractivity contribution in [1.82, 2.24) is 9.80 Å². The molecule has 10 nitrogen and oxygen atoms in total. The molecule has 2 spiro atoms. The molecule has 4 fully saturated rings. The maximum atomic E-state index is 12.7. The largest absolute Gasteiger partial charge is 0.504 e. The summed E-state index contributed by atoms with van der Waals surface area (Å²) in [5.41, 5.74) is 1.99. The molecule has 2 aromatic rings. The van der Waals surface area contributed by atoms with E-state index < -0.39 is 34.2 Å². The summed E-state index contributed by atoms with van der Waals surface area (Å²) in [6.07, 6.45) is 7.42. The second-order valence-electron chi connectivity index (χ2n) is 15.4. The highest BCUT2D eigenvalue weighted by molar-refractivity contribution is 5.98. The first-order chi connectivity index (χ1) is 23.2. The van der Waals surface area contributed by atoms with Crippen molar-refractivity contribution in [2.45, 2.75) is 97.7 Å². The van der Waals surface area contributed by atoms with Crippen LogP contribution in [0.1, 0.15) is 60.8 Å². The molecule has 266 valence electrons. The number of nitrogens with zero attached hydrogens (tertiary/aromatic N) is 4. The Morgan fingerprint density at radius 3 is 1.52 bits per heavy atom. The number of ether oxygens (including phenoxy) is 2. The fourth-order valence-electron chi connectivity index (χ4n) is 12.0. The summed E-state index contributed by atoms with van der Waals surface area (Å²) in [4.78, 5) is 4.68. The number of benzene rings is 2. The van der Waals surface area contributed by atoms with Gasteiger partial charge in [-0.1, -0.05) is 24.3 Å². The lowest BCUT2D eigenvalue weighted by molar-refractivity contribution is -0.164. The van der Waals surface area contributed by atoms with E-state index in [-0.39, 0.29) is 48.4 Å². The molecule has 10 rings (SSSR count). The number of rotatable bonds is 5.